The zero-order chi connectivity index (χ0) is 13.7. The maximum Gasteiger partial charge on any atom is 0.0575 e. The summed E-state index contributed by atoms with van der Waals surface area (Å²) in [5.74, 6) is 1.15. The zero-order valence-electron chi connectivity index (χ0n) is 12.0. The van der Waals surface area contributed by atoms with Crippen LogP contribution in [0.25, 0.3) is 0 Å². The molecule has 3 nitrogen and oxygen atoms in total. The van der Waals surface area contributed by atoms with E-state index in [0.717, 1.165) is 31.0 Å². The van der Waals surface area contributed by atoms with Crippen LogP contribution in [0.1, 0.15) is 38.8 Å². The largest absolute Gasteiger partial charge is 0.393 e. The Labute approximate surface area is 116 Å². The molecule has 0 amide bonds. The summed E-state index contributed by atoms with van der Waals surface area (Å²) < 4.78 is 0. The van der Waals surface area contributed by atoms with Crippen LogP contribution in [0.2, 0.25) is 0 Å². The van der Waals surface area contributed by atoms with Crippen LogP contribution in [0.5, 0.6) is 0 Å². The van der Waals surface area contributed by atoms with E-state index in [1.165, 1.54) is 12.8 Å². The highest BCUT2D eigenvalue weighted by Gasteiger charge is 2.31. The highest BCUT2D eigenvalue weighted by Crippen LogP contribution is 2.33. The van der Waals surface area contributed by atoms with Crippen molar-refractivity contribution < 1.29 is 5.11 Å². The van der Waals surface area contributed by atoms with E-state index in [-0.39, 0.29) is 6.10 Å². The fraction of sp³-hybridized carbons (Fsp3) is 0.688. The molecule has 2 unspecified atom stereocenters. The minimum atomic E-state index is -0.192. The summed E-state index contributed by atoms with van der Waals surface area (Å²) in [6.07, 6.45) is 6.17. The first-order valence-electron chi connectivity index (χ1n) is 7.48. The highest BCUT2D eigenvalue weighted by molar-refractivity contribution is 5.07. The van der Waals surface area contributed by atoms with Crippen molar-refractivity contribution in [2.45, 2.75) is 51.7 Å². The van der Waals surface area contributed by atoms with Gasteiger partial charge in [-0.25, -0.2) is 0 Å². The van der Waals surface area contributed by atoms with Gasteiger partial charge in [-0.3, -0.25) is 4.98 Å². The second-order valence-corrected chi connectivity index (χ2v) is 6.02. The fourth-order valence-electron chi connectivity index (χ4n) is 2.40. The predicted molar refractivity (Wildman–Crippen MR) is 77.9 cm³/mol. The maximum absolute atomic E-state index is 9.83. The first-order valence-corrected chi connectivity index (χ1v) is 7.48. The number of pyridine rings is 1. The van der Waals surface area contributed by atoms with E-state index in [0.29, 0.717) is 12.0 Å². The number of aliphatic hydroxyl groups is 1. The van der Waals surface area contributed by atoms with Crippen molar-refractivity contribution in [3.8, 4) is 0 Å². The van der Waals surface area contributed by atoms with Crippen LogP contribution in [-0.4, -0.2) is 28.8 Å². The summed E-state index contributed by atoms with van der Waals surface area (Å²) in [6, 6.07) is 6.63. The molecule has 3 heteroatoms. The van der Waals surface area contributed by atoms with E-state index in [4.69, 9.17) is 0 Å². The first-order chi connectivity index (χ1) is 9.16. The molecule has 0 bridgehead atoms. The van der Waals surface area contributed by atoms with Crippen LogP contribution in [0.4, 0.5) is 0 Å². The van der Waals surface area contributed by atoms with Gasteiger partial charge in [-0.15, -0.1) is 0 Å². The van der Waals surface area contributed by atoms with Crippen molar-refractivity contribution in [3.63, 3.8) is 0 Å². The lowest BCUT2D eigenvalue weighted by Crippen LogP contribution is -2.36. The van der Waals surface area contributed by atoms with E-state index >= 15 is 0 Å². The average Bonchev–Trinajstić information content (AvgIpc) is 3.22. The fourth-order valence-corrected chi connectivity index (χ4v) is 2.40. The summed E-state index contributed by atoms with van der Waals surface area (Å²) in [5.41, 5.74) is 1.16. The Kier molecular flexibility index (Phi) is 5.34. The van der Waals surface area contributed by atoms with Gasteiger partial charge in [0.25, 0.3) is 0 Å². The Morgan fingerprint density at radius 1 is 1.37 bits per heavy atom. The molecular formula is C16H26N2O. The lowest BCUT2D eigenvalue weighted by molar-refractivity contribution is 0.115. The average molecular weight is 262 g/mol. The second-order valence-electron chi connectivity index (χ2n) is 6.02. The molecule has 0 aromatic carbocycles. The molecule has 106 valence electrons. The molecule has 0 spiro atoms. The maximum atomic E-state index is 9.83. The van der Waals surface area contributed by atoms with Crippen LogP contribution < -0.4 is 5.32 Å². The van der Waals surface area contributed by atoms with Crippen LogP contribution in [0, 0.1) is 11.8 Å². The molecule has 1 aromatic rings. The SMILES string of the molecule is CC(C)C(O)CCNC(Cc1ccccn1)C1CC1. The Morgan fingerprint density at radius 2 is 2.16 bits per heavy atom. The van der Waals surface area contributed by atoms with Gasteiger partial charge < -0.3 is 10.4 Å². The van der Waals surface area contributed by atoms with E-state index in [2.05, 4.69) is 36.3 Å². The van der Waals surface area contributed by atoms with Crippen LogP contribution >= 0.6 is 0 Å². The van der Waals surface area contributed by atoms with Gasteiger partial charge in [0.15, 0.2) is 0 Å². The number of aromatic nitrogens is 1. The third-order valence-corrected chi connectivity index (χ3v) is 3.96. The first kappa shape index (κ1) is 14.5. The lowest BCUT2D eigenvalue weighted by atomic mass is 10.0. The van der Waals surface area contributed by atoms with Gasteiger partial charge in [-0.2, -0.15) is 0 Å². The van der Waals surface area contributed by atoms with Gasteiger partial charge in [0.05, 0.1) is 6.10 Å². The van der Waals surface area contributed by atoms with Crippen molar-refractivity contribution in [3.05, 3.63) is 30.1 Å². The Bertz CT molecular complexity index is 362. The van der Waals surface area contributed by atoms with E-state index < -0.39 is 0 Å². The minimum Gasteiger partial charge on any atom is -0.393 e. The standard InChI is InChI=1S/C16H26N2O/c1-12(2)16(19)8-10-18-15(13-6-7-13)11-14-5-3-4-9-17-14/h3-5,9,12-13,15-16,18-19H,6-8,10-11H2,1-2H3. The number of hydrogen-bond donors (Lipinski definition) is 2. The molecule has 1 fully saturated rings. The normalized spacial score (nSPS) is 18.5. The summed E-state index contributed by atoms with van der Waals surface area (Å²) >= 11 is 0. The molecule has 1 saturated carbocycles. The second kappa shape index (κ2) is 7.01. The monoisotopic (exact) mass is 262 g/mol. The zero-order valence-corrected chi connectivity index (χ0v) is 12.0. The number of aliphatic hydroxyl groups excluding tert-OH is 1. The molecule has 1 aromatic heterocycles. The van der Waals surface area contributed by atoms with Crippen molar-refractivity contribution in [2.75, 3.05) is 6.54 Å². The van der Waals surface area contributed by atoms with Crippen LogP contribution in [0.3, 0.4) is 0 Å². The summed E-state index contributed by atoms with van der Waals surface area (Å²) in [4.78, 5) is 4.41. The summed E-state index contributed by atoms with van der Waals surface area (Å²) in [5, 5.41) is 13.4. The van der Waals surface area contributed by atoms with Gasteiger partial charge in [-0.1, -0.05) is 19.9 Å². The number of rotatable bonds is 8. The quantitative estimate of drug-likeness (QED) is 0.756. The molecule has 1 heterocycles. The molecular weight excluding hydrogens is 236 g/mol. The van der Waals surface area contributed by atoms with Gasteiger partial charge in [-0.05, 0) is 49.8 Å². The molecule has 2 atom stereocenters. The molecule has 2 rings (SSSR count). The topological polar surface area (TPSA) is 45.1 Å². The van der Waals surface area contributed by atoms with E-state index in [1.54, 1.807) is 0 Å². The Hall–Kier alpha value is -0.930. The predicted octanol–water partition coefficient (Wildman–Crippen LogP) is 2.40. The minimum absolute atomic E-state index is 0.192. The van der Waals surface area contributed by atoms with E-state index in [9.17, 15) is 5.11 Å². The van der Waals surface area contributed by atoms with Gasteiger partial charge >= 0.3 is 0 Å². The van der Waals surface area contributed by atoms with Gasteiger partial charge in [0.2, 0.25) is 0 Å². The highest BCUT2D eigenvalue weighted by atomic mass is 16.3. The van der Waals surface area contributed by atoms with E-state index in [1.807, 2.05) is 12.3 Å². The van der Waals surface area contributed by atoms with Gasteiger partial charge in [0.1, 0.15) is 0 Å². The van der Waals surface area contributed by atoms with Crippen molar-refractivity contribution >= 4 is 0 Å². The number of nitrogens with zero attached hydrogens (tertiary/aromatic N) is 1. The Morgan fingerprint density at radius 3 is 2.74 bits per heavy atom. The lowest BCUT2D eigenvalue weighted by Gasteiger charge is -2.20. The molecule has 0 radical (unpaired) electrons. The van der Waals surface area contributed by atoms with Crippen molar-refractivity contribution in [1.29, 1.82) is 0 Å². The number of hydrogen-bond acceptors (Lipinski definition) is 3. The van der Waals surface area contributed by atoms with Crippen molar-refractivity contribution in [1.82, 2.24) is 10.3 Å². The smallest absolute Gasteiger partial charge is 0.0575 e. The summed E-state index contributed by atoms with van der Waals surface area (Å²) in [7, 11) is 0. The molecule has 1 aliphatic rings. The molecule has 0 aliphatic heterocycles. The van der Waals surface area contributed by atoms with Crippen molar-refractivity contribution in [2.24, 2.45) is 11.8 Å². The van der Waals surface area contributed by atoms with Crippen LogP contribution in [-0.2, 0) is 6.42 Å². The number of nitrogens with one attached hydrogen (secondary N) is 1. The molecule has 0 saturated heterocycles. The Balaban J connectivity index is 1.77. The third kappa shape index (κ3) is 4.92. The molecule has 2 N–H and O–H groups in total. The molecule has 1 aliphatic carbocycles. The summed E-state index contributed by atoms with van der Waals surface area (Å²) in [6.45, 7) is 5.03. The van der Waals surface area contributed by atoms with Gasteiger partial charge in [0, 0.05) is 24.4 Å². The third-order valence-electron chi connectivity index (χ3n) is 3.96. The molecule has 19 heavy (non-hydrogen) atoms. The van der Waals surface area contributed by atoms with Crippen LogP contribution in [0.15, 0.2) is 24.4 Å².